The van der Waals surface area contributed by atoms with E-state index in [9.17, 15) is 13.2 Å². The lowest BCUT2D eigenvalue weighted by molar-refractivity contribution is 0.0950. The van der Waals surface area contributed by atoms with Crippen molar-refractivity contribution >= 4 is 21.6 Å². The summed E-state index contributed by atoms with van der Waals surface area (Å²) in [6.07, 6.45) is 2.24. The molecule has 0 unspecified atom stereocenters. The fraction of sp³-hybridized carbons (Fsp3) is 0.182. The van der Waals surface area contributed by atoms with Crippen LogP contribution in [0.15, 0.2) is 77.8 Å². The predicted molar refractivity (Wildman–Crippen MR) is 111 cm³/mol. The van der Waals surface area contributed by atoms with E-state index in [1.54, 1.807) is 54.7 Å². The van der Waals surface area contributed by atoms with Crippen LogP contribution in [0.3, 0.4) is 0 Å². The summed E-state index contributed by atoms with van der Waals surface area (Å²) >= 11 is 0. The molecule has 0 radical (unpaired) electrons. The lowest BCUT2D eigenvalue weighted by Gasteiger charge is -2.24. The first-order valence-electron chi connectivity index (χ1n) is 9.37. The molecule has 0 saturated heterocycles. The normalized spacial score (nSPS) is 15.8. The van der Waals surface area contributed by atoms with Gasteiger partial charge < -0.3 is 5.32 Å². The first-order chi connectivity index (χ1) is 14.0. The van der Waals surface area contributed by atoms with Crippen LogP contribution in [-0.4, -0.2) is 25.4 Å². The van der Waals surface area contributed by atoms with Gasteiger partial charge in [-0.1, -0.05) is 24.3 Å². The zero-order valence-electron chi connectivity index (χ0n) is 15.9. The van der Waals surface area contributed by atoms with Gasteiger partial charge >= 0.3 is 0 Å². The summed E-state index contributed by atoms with van der Waals surface area (Å²) in [4.78, 5) is 17.0. The number of nitrogens with one attached hydrogen (secondary N) is 1. The molecule has 7 heteroatoms. The van der Waals surface area contributed by atoms with E-state index in [1.165, 1.54) is 4.31 Å². The minimum absolute atomic E-state index is 0.213. The number of hydrogen-bond donors (Lipinski definition) is 1. The van der Waals surface area contributed by atoms with E-state index < -0.39 is 10.0 Å². The van der Waals surface area contributed by atoms with Gasteiger partial charge in [0.05, 0.1) is 22.8 Å². The molecule has 0 bridgehead atoms. The van der Waals surface area contributed by atoms with E-state index in [-0.39, 0.29) is 16.8 Å². The zero-order valence-corrected chi connectivity index (χ0v) is 16.8. The number of anilines is 1. The van der Waals surface area contributed by atoms with E-state index in [1.807, 2.05) is 25.1 Å². The van der Waals surface area contributed by atoms with E-state index in [0.29, 0.717) is 24.2 Å². The summed E-state index contributed by atoms with van der Waals surface area (Å²) < 4.78 is 27.7. The highest BCUT2D eigenvalue weighted by Gasteiger charge is 2.36. The van der Waals surface area contributed by atoms with Crippen molar-refractivity contribution in [2.45, 2.75) is 30.8 Å². The van der Waals surface area contributed by atoms with Crippen molar-refractivity contribution in [3.8, 4) is 0 Å². The maximum atomic E-state index is 13.1. The number of benzene rings is 2. The zero-order chi connectivity index (χ0) is 20.4. The number of pyridine rings is 1. The monoisotopic (exact) mass is 407 g/mol. The molecular formula is C22H21N3O3S. The predicted octanol–water partition coefficient (Wildman–Crippen LogP) is 3.15. The summed E-state index contributed by atoms with van der Waals surface area (Å²) in [5, 5.41) is 2.85. The number of carbonyl (C=O) groups is 1. The second kappa shape index (κ2) is 7.67. The van der Waals surface area contributed by atoms with Crippen LogP contribution in [0.2, 0.25) is 0 Å². The maximum Gasteiger partial charge on any atom is 0.264 e. The number of carbonyl (C=O) groups excluding carboxylic acids is 1. The van der Waals surface area contributed by atoms with Crippen molar-refractivity contribution in [1.29, 1.82) is 0 Å². The highest BCUT2D eigenvalue weighted by atomic mass is 32.2. The number of amides is 1. The first kappa shape index (κ1) is 19.1. The molecule has 0 spiro atoms. The Kier molecular flexibility index (Phi) is 5.07. The van der Waals surface area contributed by atoms with Gasteiger partial charge in [0.15, 0.2) is 0 Å². The fourth-order valence-electron chi connectivity index (χ4n) is 3.59. The largest absolute Gasteiger partial charge is 0.346 e. The van der Waals surface area contributed by atoms with E-state index >= 15 is 0 Å². The molecule has 2 aromatic carbocycles. The molecule has 1 aliphatic heterocycles. The van der Waals surface area contributed by atoms with Crippen LogP contribution in [-0.2, 0) is 23.0 Å². The highest BCUT2D eigenvalue weighted by molar-refractivity contribution is 7.92. The van der Waals surface area contributed by atoms with E-state index in [0.717, 1.165) is 11.3 Å². The average Bonchev–Trinajstić information content (AvgIpc) is 3.09. The van der Waals surface area contributed by atoms with Crippen LogP contribution in [0, 0.1) is 0 Å². The molecule has 1 atom stereocenters. The Morgan fingerprint density at radius 2 is 1.86 bits per heavy atom. The molecule has 0 saturated carbocycles. The molecule has 3 aromatic rings. The van der Waals surface area contributed by atoms with Gasteiger partial charge in [-0.2, -0.15) is 0 Å². The minimum Gasteiger partial charge on any atom is -0.346 e. The van der Waals surface area contributed by atoms with Gasteiger partial charge in [0.1, 0.15) is 0 Å². The molecule has 1 amide bonds. The molecule has 6 nitrogen and oxygen atoms in total. The Balaban J connectivity index is 1.57. The third kappa shape index (κ3) is 3.73. The Bertz CT molecular complexity index is 1130. The summed E-state index contributed by atoms with van der Waals surface area (Å²) in [6.45, 7) is 2.21. The SMILES string of the molecule is C[C@H]1Cc2cc(C(=O)NCc3ccccn3)ccc2N1S(=O)(=O)c1ccccc1. The number of aromatic nitrogens is 1. The van der Waals surface area contributed by atoms with Crippen LogP contribution in [0.5, 0.6) is 0 Å². The molecule has 0 aliphatic carbocycles. The van der Waals surface area contributed by atoms with Crippen molar-refractivity contribution < 1.29 is 13.2 Å². The number of hydrogen-bond acceptors (Lipinski definition) is 4. The van der Waals surface area contributed by atoms with Crippen molar-refractivity contribution in [3.05, 3.63) is 89.7 Å². The highest BCUT2D eigenvalue weighted by Crippen LogP contribution is 2.37. The smallest absolute Gasteiger partial charge is 0.264 e. The van der Waals surface area contributed by atoms with Crippen LogP contribution in [0.25, 0.3) is 0 Å². The molecule has 1 aromatic heterocycles. The lowest BCUT2D eigenvalue weighted by Crippen LogP contribution is -2.35. The van der Waals surface area contributed by atoms with Crippen LogP contribution in [0.4, 0.5) is 5.69 Å². The summed E-state index contributed by atoms with van der Waals surface area (Å²) in [5.41, 5.74) is 2.76. The molecule has 1 N–H and O–H groups in total. The van der Waals surface area contributed by atoms with E-state index in [2.05, 4.69) is 10.3 Å². The third-order valence-corrected chi connectivity index (χ3v) is 6.89. The molecule has 29 heavy (non-hydrogen) atoms. The van der Waals surface area contributed by atoms with Crippen LogP contribution < -0.4 is 9.62 Å². The molecule has 0 fully saturated rings. The number of rotatable bonds is 5. The summed E-state index contributed by atoms with van der Waals surface area (Å²) in [6, 6.07) is 18.9. The summed E-state index contributed by atoms with van der Waals surface area (Å²) in [5.74, 6) is -0.213. The lowest BCUT2D eigenvalue weighted by atomic mass is 10.1. The quantitative estimate of drug-likeness (QED) is 0.705. The van der Waals surface area contributed by atoms with Crippen LogP contribution >= 0.6 is 0 Å². The number of sulfonamides is 1. The van der Waals surface area contributed by atoms with E-state index in [4.69, 9.17) is 0 Å². The van der Waals surface area contributed by atoms with Crippen molar-refractivity contribution in [3.63, 3.8) is 0 Å². The van der Waals surface area contributed by atoms with Gasteiger partial charge in [-0.3, -0.25) is 14.1 Å². The minimum atomic E-state index is -3.66. The van der Waals surface area contributed by atoms with Gasteiger partial charge in [0.2, 0.25) is 0 Å². The first-order valence-corrected chi connectivity index (χ1v) is 10.8. The second-order valence-electron chi connectivity index (χ2n) is 7.01. The van der Waals surface area contributed by atoms with Crippen molar-refractivity contribution in [1.82, 2.24) is 10.3 Å². The third-order valence-electron chi connectivity index (χ3n) is 4.95. The molecule has 1 aliphatic rings. The molecular weight excluding hydrogens is 386 g/mol. The van der Waals surface area contributed by atoms with Gasteiger partial charge in [-0.05, 0) is 61.4 Å². The van der Waals surface area contributed by atoms with Crippen molar-refractivity contribution in [2.75, 3.05) is 4.31 Å². The van der Waals surface area contributed by atoms with Gasteiger partial charge in [-0.15, -0.1) is 0 Å². The number of nitrogens with zero attached hydrogens (tertiary/aromatic N) is 2. The van der Waals surface area contributed by atoms with Gasteiger partial charge in [0.25, 0.3) is 15.9 Å². The molecule has 4 rings (SSSR count). The second-order valence-corrected chi connectivity index (χ2v) is 8.83. The maximum absolute atomic E-state index is 13.1. The standard InChI is InChI=1S/C22H21N3O3S/c1-16-13-18-14-17(22(26)24-15-19-7-5-6-12-23-19)10-11-21(18)25(16)29(27,28)20-8-3-2-4-9-20/h2-12,14,16H,13,15H2,1H3,(H,24,26)/t16-/m0/s1. The molecule has 2 heterocycles. The Morgan fingerprint density at radius 3 is 2.59 bits per heavy atom. The average molecular weight is 407 g/mol. The van der Waals surface area contributed by atoms with Gasteiger partial charge in [0, 0.05) is 17.8 Å². The number of fused-ring (bicyclic) bond motifs is 1. The summed E-state index contributed by atoms with van der Waals surface area (Å²) in [7, 11) is -3.66. The topological polar surface area (TPSA) is 79.4 Å². The Hall–Kier alpha value is -3.19. The Labute approximate surface area is 170 Å². The van der Waals surface area contributed by atoms with Gasteiger partial charge in [-0.25, -0.2) is 8.42 Å². The van der Waals surface area contributed by atoms with Crippen LogP contribution in [0.1, 0.15) is 28.5 Å². The van der Waals surface area contributed by atoms with Crippen molar-refractivity contribution in [2.24, 2.45) is 0 Å². The Morgan fingerprint density at radius 1 is 1.10 bits per heavy atom. The fourth-order valence-corrected chi connectivity index (χ4v) is 5.31. The molecule has 148 valence electrons.